The molecule has 2 aromatic rings. The second-order valence-electron chi connectivity index (χ2n) is 6.07. The first-order valence-electron chi connectivity index (χ1n) is 8.15. The Morgan fingerprint density at radius 2 is 1.96 bits per heavy atom. The van der Waals surface area contributed by atoms with Crippen LogP contribution < -0.4 is 4.31 Å². The van der Waals surface area contributed by atoms with E-state index in [4.69, 9.17) is 4.74 Å². The van der Waals surface area contributed by atoms with Crippen molar-refractivity contribution >= 4 is 21.7 Å². The number of aromatic nitrogens is 2. The Kier molecular flexibility index (Phi) is 4.80. The average Bonchev–Trinajstić information content (AvgIpc) is 3.08. The number of sulfonamides is 1. The lowest BCUT2D eigenvalue weighted by molar-refractivity contribution is 0.0487. The lowest BCUT2D eigenvalue weighted by Gasteiger charge is -2.16. The molecule has 1 fully saturated rings. The number of ether oxygens (including phenoxy) is 1. The third-order valence-corrected chi connectivity index (χ3v) is 6.00. The van der Waals surface area contributed by atoms with E-state index in [2.05, 4.69) is 5.10 Å². The maximum Gasteiger partial charge on any atom is 0.338 e. The van der Waals surface area contributed by atoms with Gasteiger partial charge in [-0.3, -0.25) is 8.99 Å². The summed E-state index contributed by atoms with van der Waals surface area (Å²) in [6.07, 6.45) is 0.623. The summed E-state index contributed by atoms with van der Waals surface area (Å²) < 4.78 is 32.3. The molecule has 0 bridgehead atoms. The van der Waals surface area contributed by atoms with Crippen molar-refractivity contribution in [2.75, 3.05) is 23.2 Å². The van der Waals surface area contributed by atoms with Crippen LogP contribution in [0.5, 0.6) is 0 Å². The van der Waals surface area contributed by atoms with Gasteiger partial charge in [-0.25, -0.2) is 13.2 Å². The highest BCUT2D eigenvalue weighted by Gasteiger charge is 2.28. The number of nitrogens with zero attached hydrogens (tertiary/aromatic N) is 3. The van der Waals surface area contributed by atoms with Gasteiger partial charge >= 0.3 is 5.97 Å². The summed E-state index contributed by atoms with van der Waals surface area (Å²) in [6, 6.07) is 8.43. The van der Waals surface area contributed by atoms with Gasteiger partial charge in [-0.1, -0.05) is 0 Å². The Labute approximate surface area is 147 Å². The van der Waals surface area contributed by atoms with Gasteiger partial charge in [0.05, 0.1) is 29.2 Å². The molecule has 0 aliphatic carbocycles. The molecule has 1 aliphatic heterocycles. The summed E-state index contributed by atoms with van der Waals surface area (Å²) in [7, 11) is -3.21. The number of rotatable bonds is 5. The fraction of sp³-hybridized carbons (Fsp3) is 0.412. The minimum absolute atomic E-state index is 0.170. The Hall–Kier alpha value is -2.35. The lowest BCUT2D eigenvalue weighted by Crippen LogP contribution is -2.25. The maximum atomic E-state index is 12.1. The molecule has 0 saturated carbocycles. The fourth-order valence-electron chi connectivity index (χ4n) is 2.90. The van der Waals surface area contributed by atoms with Gasteiger partial charge in [0, 0.05) is 12.2 Å². The third kappa shape index (κ3) is 3.84. The molecule has 2 heterocycles. The molecular weight excluding hydrogens is 342 g/mol. The minimum Gasteiger partial charge on any atom is -0.460 e. The topological polar surface area (TPSA) is 81.5 Å². The van der Waals surface area contributed by atoms with Crippen LogP contribution in [-0.4, -0.2) is 43.1 Å². The van der Waals surface area contributed by atoms with Crippen molar-refractivity contribution in [2.24, 2.45) is 0 Å². The largest absolute Gasteiger partial charge is 0.460 e. The van der Waals surface area contributed by atoms with Crippen molar-refractivity contribution in [3.05, 3.63) is 47.3 Å². The Morgan fingerprint density at radius 1 is 1.24 bits per heavy atom. The second kappa shape index (κ2) is 6.87. The van der Waals surface area contributed by atoms with E-state index in [0.717, 1.165) is 11.4 Å². The van der Waals surface area contributed by atoms with E-state index in [-0.39, 0.29) is 12.4 Å². The standard InChI is InChI=1S/C17H21N3O4S/c1-13-12-14(2)19(18-13)9-10-24-17(21)15-4-6-16(7-5-15)20-8-3-11-25(20,22)23/h4-7,12H,3,8-11H2,1-2H3. The summed E-state index contributed by atoms with van der Waals surface area (Å²) >= 11 is 0. The number of aryl methyl sites for hydroxylation is 2. The molecule has 3 rings (SSSR count). The summed E-state index contributed by atoms with van der Waals surface area (Å²) in [6.45, 7) is 5.07. The van der Waals surface area contributed by atoms with Crippen LogP contribution in [0.25, 0.3) is 0 Å². The van der Waals surface area contributed by atoms with Gasteiger partial charge < -0.3 is 4.74 Å². The van der Waals surface area contributed by atoms with Gasteiger partial charge in [0.25, 0.3) is 0 Å². The normalized spacial score (nSPS) is 16.2. The fourth-order valence-corrected chi connectivity index (χ4v) is 4.47. The molecule has 0 N–H and O–H groups in total. The van der Waals surface area contributed by atoms with Crippen LogP contribution in [0.3, 0.4) is 0 Å². The van der Waals surface area contributed by atoms with Gasteiger partial charge in [-0.2, -0.15) is 5.10 Å². The van der Waals surface area contributed by atoms with E-state index in [1.807, 2.05) is 19.9 Å². The monoisotopic (exact) mass is 363 g/mol. The van der Waals surface area contributed by atoms with Crippen molar-refractivity contribution < 1.29 is 17.9 Å². The average molecular weight is 363 g/mol. The summed E-state index contributed by atoms with van der Waals surface area (Å²) in [5.41, 5.74) is 2.92. The maximum absolute atomic E-state index is 12.1. The molecule has 0 radical (unpaired) electrons. The molecule has 7 nitrogen and oxygen atoms in total. The van der Waals surface area contributed by atoms with Gasteiger partial charge in [-0.15, -0.1) is 0 Å². The zero-order valence-electron chi connectivity index (χ0n) is 14.3. The van der Waals surface area contributed by atoms with Crippen molar-refractivity contribution in [2.45, 2.75) is 26.8 Å². The second-order valence-corrected chi connectivity index (χ2v) is 8.09. The first kappa shape index (κ1) is 17.5. The summed E-state index contributed by atoms with van der Waals surface area (Å²) in [4.78, 5) is 12.1. The van der Waals surface area contributed by atoms with Crippen LogP contribution in [0.2, 0.25) is 0 Å². The van der Waals surface area contributed by atoms with Gasteiger partial charge in [0.1, 0.15) is 6.61 Å². The van der Waals surface area contributed by atoms with E-state index in [0.29, 0.717) is 30.8 Å². The molecule has 0 atom stereocenters. The zero-order valence-corrected chi connectivity index (χ0v) is 15.1. The van der Waals surface area contributed by atoms with E-state index < -0.39 is 16.0 Å². The number of esters is 1. The first-order chi connectivity index (χ1) is 11.9. The predicted octanol–water partition coefficient (Wildman–Crippen LogP) is 1.90. The molecule has 0 unspecified atom stereocenters. The van der Waals surface area contributed by atoms with E-state index in [1.54, 1.807) is 28.9 Å². The minimum atomic E-state index is -3.21. The molecular formula is C17H21N3O4S. The van der Waals surface area contributed by atoms with Crippen molar-refractivity contribution in [1.82, 2.24) is 9.78 Å². The number of anilines is 1. The molecule has 1 aromatic heterocycles. The van der Waals surface area contributed by atoms with Gasteiger partial charge in [0.2, 0.25) is 10.0 Å². The SMILES string of the molecule is Cc1cc(C)n(CCOC(=O)c2ccc(N3CCCS3(=O)=O)cc2)n1. The van der Waals surface area contributed by atoms with Crippen LogP contribution in [0, 0.1) is 13.8 Å². The smallest absolute Gasteiger partial charge is 0.338 e. The molecule has 8 heteroatoms. The predicted molar refractivity (Wildman–Crippen MR) is 94.2 cm³/mol. The van der Waals surface area contributed by atoms with E-state index >= 15 is 0 Å². The molecule has 1 aromatic carbocycles. The first-order valence-corrected chi connectivity index (χ1v) is 9.76. The summed E-state index contributed by atoms with van der Waals surface area (Å²) in [5, 5.41) is 4.31. The van der Waals surface area contributed by atoms with Crippen molar-refractivity contribution in [3.63, 3.8) is 0 Å². The lowest BCUT2D eigenvalue weighted by atomic mass is 10.2. The zero-order chi connectivity index (χ0) is 18.0. The van der Waals surface area contributed by atoms with E-state index in [1.165, 1.54) is 4.31 Å². The Bertz CT molecular complexity index is 872. The van der Waals surface area contributed by atoms with E-state index in [9.17, 15) is 13.2 Å². The Morgan fingerprint density at radius 3 is 2.52 bits per heavy atom. The number of hydrogen-bond acceptors (Lipinski definition) is 5. The molecule has 1 saturated heterocycles. The quantitative estimate of drug-likeness (QED) is 0.758. The Balaban J connectivity index is 1.58. The molecule has 134 valence electrons. The number of carbonyl (C=O) groups excluding carboxylic acids is 1. The van der Waals surface area contributed by atoms with Crippen LogP contribution in [0.15, 0.2) is 30.3 Å². The summed E-state index contributed by atoms with van der Waals surface area (Å²) in [5.74, 6) is -0.263. The van der Waals surface area contributed by atoms with Crippen molar-refractivity contribution in [3.8, 4) is 0 Å². The van der Waals surface area contributed by atoms with Crippen LogP contribution >= 0.6 is 0 Å². The van der Waals surface area contributed by atoms with Crippen LogP contribution in [-0.2, 0) is 21.3 Å². The van der Waals surface area contributed by atoms with Crippen molar-refractivity contribution in [1.29, 1.82) is 0 Å². The molecule has 1 aliphatic rings. The highest BCUT2D eigenvalue weighted by atomic mass is 32.2. The van der Waals surface area contributed by atoms with Crippen LogP contribution in [0.1, 0.15) is 28.2 Å². The van der Waals surface area contributed by atoms with Gasteiger partial charge in [-0.05, 0) is 50.6 Å². The number of carbonyl (C=O) groups is 1. The van der Waals surface area contributed by atoms with Gasteiger partial charge in [0.15, 0.2) is 0 Å². The number of hydrogen-bond donors (Lipinski definition) is 0. The third-order valence-electron chi connectivity index (χ3n) is 4.13. The molecule has 0 amide bonds. The molecule has 25 heavy (non-hydrogen) atoms. The van der Waals surface area contributed by atoms with Crippen LogP contribution in [0.4, 0.5) is 5.69 Å². The highest BCUT2D eigenvalue weighted by molar-refractivity contribution is 7.93. The highest BCUT2D eigenvalue weighted by Crippen LogP contribution is 2.24. The number of benzene rings is 1. The molecule has 0 spiro atoms.